The second-order valence-electron chi connectivity index (χ2n) is 4.62. The van der Waals surface area contributed by atoms with Gasteiger partial charge < -0.3 is 20.1 Å². The molecule has 0 unspecified atom stereocenters. The van der Waals surface area contributed by atoms with Gasteiger partial charge in [0.05, 0.1) is 12.5 Å². The minimum Gasteiger partial charge on any atom is -0.507 e. The number of carbonyl (C=O) groups is 2. The first kappa shape index (κ1) is 13.2. The Morgan fingerprint density at radius 2 is 1.84 bits per heavy atom. The zero-order chi connectivity index (χ0) is 14.2. The standard InChI is InChI=1S/C13H14O6/c1-19-11(16)7-5-8(10(15)6-9(7)14)13(12(17)18)3-2-4-13/h5-6,14-15H,2-4H2,1H3,(H,17,18). The van der Waals surface area contributed by atoms with Crippen LogP contribution in [0.1, 0.15) is 35.2 Å². The van der Waals surface area contributed by atoms with Crippen LogP contribution in [0, 0.1) is 0 Å². The van der Waals surface area contributed by atoms with Gasteiger partial charge in [-0.1, -0.05) is 6.42 Å². The van der Waals surface area contributed by atoms with E-state index in [0.717, 1.165) is 19.6 Å². The molecule has 102 valence electrons. The molecule has 0 radical (unpaired) electrons. The number of hydrogen-bond donors (Lipinski definition) is 3. The number of ether oxygens (including phenoxy) is 1. The van der Waals surface area contributed by atoms with Gasteiger partial charge in [-0.15, -0.1) is 0 Å². The van der Waals surface area contributed by atoms with Gasteiger partial charge in [0.1, 0.15) is 17.1 Å². The molecule has 1 saturated carbocycles. The van der Waals surface area contributed by atoms with Crippen molar-refractivity contribution in [2.45, 2.75) is 24.7 Å². The van der Waals surface area contributed by atoms with Crippen molar-refractivity contribution in [3.05, 3.63) is 23.3 Å². The molecule has 0 spiro atoms. The van der Waals surface area contributed by atoms with E-state index in [2.05, 4.69) is 4.74 Å². The predicted molar refractivity (Wildman–Crippen MR) is 64.3 cm³/mol. The number of phenols is 2. The van der Waals surface area contributed by atoms with E-state index in [0.29, 0.717) is 12.8 Å². The lowest BCUT2D eigenvalue weighted by Crippen LogP contribution is -2.42. The zero-order valence-corrected chi connectivity index (χ0v) is 10.3. The van der Waals surface area contributed by atoms with Gasteiger partial charge in [0.25, 0.3) is 0 Å². The lowest BCUT2D eigenvalue weighted by molar-refractivity contribution is -0.147. The fourth-order valence-electron chi connectivity index (χ4n) is 2.36. The Kier molecular flexibility index (Phi) is 3.09. The maximum Gasteiger partial charge on any atom is 0.341 e. The Bertz CT molecular complexity index is 544. The SMILES string of the molecule is COC(=O)c1cc(C2(C(=O)O)CCC2)c(O)cc1O. The van der Waals surface area contributed by atoms with E-state index >= 15 is 0 Å². The van der Waals surface area contributed by atoms with Crippen molar-refractivity contribution in [2.24, 2.45) is 0 Å². The van der Waals surface area contributed by atoms with Crippen LogP contribution in [0.3, 0.4) is 0 Å². The first-order chi connectivity index (χ1) is 8.92. The third kappa shape index (κ3) is 1.89. The largest absolute Gasteiger partial charge is 0.507 e. The van der Waals surface area contributed by atoms with Gasteiger partial charge >= 0.3 is 11.9 Å². The fourth-order valence-corrected chi connectivity index (χ4v) is 2.36. The molecule has 2 rings (SSSR count). The highest BCUT2D eigenvalue weighted by molar-refractivity contribution is 5.94. The number of phenolic OH excluding ortho intramolecular Hbond substituents is 2. The minimum absolute atomic E-state index is 0.143. The Morgan fingerprint density at radius 3 is 2.26 bits per heavy atom. The van der Waals surface area contributed by atoms with Crippen LogP contribution in [0.25, 0.3) is 0 Å². The predicted octanol–water partition coefficient (Wildman–Crippen LogP) is 1.39. The van der Waals surface area contributed by atoms with E-state index in [4.69, 9.17) is 0 Å². The topological polar surface area (TPSA) is 104 Å². The molecule has 0 amide bonds. The molecule has 0 atom stereocenters. The van der Waals surface area contributed by atoms with Crippen LogP contribution >= 0.6 is 0 Å². The van der Waals surface area contributed by atoms with Crippen molar-refractivity contribution >= 4 is 11.9 Å². The van der Waals surface area contributed by atoms with Crippen LogP contribution in [0.2, 0.25) is 0 Å². The van der Waals surface area contributed by atoms with Crippen LogP contribution in [-0.4, -0.2) is 34.4 Å². The first-order valence-corrected chi connectivity index (χ1v) is 5.80. The van der Waals surface area contributed by atoms with Crippen LogP contribution < -0.4 is 0 Å². The van der Waals surface area contributed by atoms with Crippen molar-refractivity contribution in [2.75, 3.05) is 7.11 Å². The summed E-state index contributed by atoms with van der Waals surface area (Å²) in [6, 6.07) is 2.17. The highest BCUT2D eigenvalue weighted by Gasteiger charge is 2.48. The van der Waals surface area contributed by atoms with Gasteiger partial charge in [-0.2, -0.15) is 0 Å². The van der Waals surface area contributed by atoms with E-state index in [1.807, 2.05) is 0 Å². The van der Waals surface area contributed by atoms with Crippen molar-refractivity contribution in [1.29, 1.82) is 0 Å². The summed E-state index contributed by atoms with van der Waals surface area (Å²) in [7, 11) is 1.16. The van der Waals surface area contributed by atoms with E-state index in [1.54, 1.807) is 0 Å². The molecule has 1 aliphatic rings. The summed E-state index contributed by atoms with van der Waals surface area (Å²) in [5.41, 5.74) is -1.19. The molecule has 0 heterocycles. The Labute approximate surface area is 109 Å². The summed E-state index contributed by atoms with van der Waals surface area (Å²) in [4.78, 5) is 22.9. The van der Waals surface area contributed by atoms with Gasteiger partial charge in [-0.25, -0.2) is 4.79 Å². The summed E-state index contributed by atoms with van der Waals surface area (Å²) < 4.78 is 4.51. The number of aliphatic carboxylic acids is 1. The Hall–Kier alpha value is -2.24. The Balaban J connectivity index is 2.58. The molecule has 6 heteroatoms. The fraction of sp³-hybridized carbons (Fsp3) is 0.385. The second kappa shape index (κ2) is 4.46. The van der Waals surface area contributed by atoms with Gasteiger partial charge in [-0.3, -0.25) is 4.79 Å². The van der Waals surface area contributed by atoms with E-state index in [9.17, 15) is 24.9 Å². The summed E-state index contributed by atoms with van der Waals surface area (Å²) >= 11 is 0. The molecular weight excluding hydrogens is 252 g/mol. The van der Waals surface area contributed by atoms with E-state index in [-0.39, 0.29) is 16.9 Å². The third-order valence-corrected chi connectivity index (χ3v) is 3.65. The average Bonchev–Trinajstić information content (AvgIpc) is 2.29. The van der Waals surface area contributed by atoms with Crippen LogP contribution in [0.4, 0.5) is 0 Å². The zero-order valence-electron chi connectivity index (χ0n) is 10.3. The normalized spacial score (nSPS) is 16.5. The summed E-state index contributed by atoms with van der Waals surface area (Å²) in [5, 5.41) is 28.8. The van der Waals surface area contributed by atoms with Crippen LogP contribution in [0.5, 0.6) is 11.5 Å². The molecule has 0 bridgehead atoms. The van der Waals surface area contributed by atoms with Crippen molar-refractivity contribution in [1.82, 2.24) is 0 Å². The first-order valence-electron chi connectivity index (χ1n) is 5.80. The van der Waals surface area contributed by atoms with Crippen molar-refractivity contribution in [3.8, 4) is 11.5 Å². The number of methoxy groups -OCH3 is 1. The van der Waals surface area contributed by atoms with Crippen molar-refractivity contribution < 1.29 is 29.6 Å². The molecule has 1 aliphatic carbocycles. The molecular formula is C13H14O6. The molecule has 19 heavy (non-hydrogen) atoms. The average molecular weight is 266 g/mol. The maximum absolute atomic E-state index is 11.5. The number of carboxylic acids is 1. The number of carboxylic acid groups (broad SMARTS) is 1. The number of esters is 1. The third-order valence-electron chi connectivity index (χ3n) is 3.65. The molecule has 0 aliphatic heterocycles. The molecule has 3 N–H and O–H groups in total. The smallest absolute Gasteiger partial charge is 0.341 e. The number of carbonyl (C=O) groups excluding carboxylic acids is 1. The van der Waals surface area contributed by atoms with Crippen LogP contribution in [0.15, 0.2) is 12.1 Å². The quantitative estimate of drug-likeness (QED) is 0.714. The number of benzene rings is 1. The molecule has 1 aromatic carbocycles. The molecule has 0 aromatic heterocycles. The van der Waals surface area contributed by atoms with Crippen LogP contribution in [-0.2, 0) is 14.9 Å². The van der Waals surface area contributed by atoms with E-state index < -0.39 is 23.1 Å². The van der Waals surface area contributed by atoms with Gasteiger partial charge in [0, 0.05) is 11.6 Å². The van der Waals surface area contributed by atoms with Crippen molar-refractivity contribution in [3.63, 3.8) is 0 Å². The lowest BCUT2D eigenvalue weighted by Gasteiger charge is -2.38. The summed E-state index contributed by atoms with van der Waals surface area (Å²) in [6.45, 7) is 0. The minimum atomic E-state index is -1.18. The summed E-state index contributed by atoms with van der Waals surface area (Å²) in [5.74, 6) is -2.59. The Morgan fingerprint density at radius 1 is 1.21 bits per heavy atom. The maximum atomic E-state index is 11.5. The highest BCUT2D eigenvalue weighted by Crippen LogP contribution is 2.48. The number of hydrogen-bond acceptors (Lipinski definition) is 5. The molecule has 0 saturated heterocycles. The van der Waals surface area contributed by atoms with Gasteiger partial charge in [0.15, 0.2) is 0 Å². The molecule has 1 fully saturated rings. The number of aromatic hydroxyl groups is 2. The number of rotatable bonds is 3. The lowest BCUT2D eigenvalue weighted by atomic mass is 9.64. The highest BCUT2D eigenvalue weighted by atomic mass is 16.5. The van der Waals surface area contributed by atoms with Gasteiger partial charge in [0.2, 0.25) is 0 Å². The molecule has 1 aromatic rings. The van der Waals surface area contributed by atoms with Gasteiger partial charge in [-0.05, 0) is 18.9 Å². The van der Waals surface area contributed by atoms with E-state index in [1.165, 1.54) is 6.07 Å². The second-order valence-corrected chi connectivity index (χ2v) is 4.62. The summed E-state index contributed by atoms with van der Waals surface area (Å²) in [6.07, 6.45) is 1.52. The molecule has 6 nitrogen and oxygen atoms in total. The monoisotopic (exact) mass is 266 g/mol.